The lowest BCUT2D eigenvalue weighted by atomic mass is 10.2. The van der Waals surface area contributed by atoms with Crippen LogP contribution in [0.25, 0.3) is 21.9 Å². The van der Waals surface area contributed by atoms with Crippen molar-refractivity contribution in [1.82, 2.24) is 24.8 Å². The topological polar surface area (TPSA) is 72.3 Å². The van der Waals surface area contributed by atoms with Crippen LogP contribution in [0.4, 0.5) is 4.79 Å². The van der Waals surface area contributed by atoms with Gasteiger partial charge in [0.1, 0.15) is 5.52 Å². The van der Waals surface area contributed by atoms with Crippen molar-refractivity contribution in [2.75, 3.05) is 33.4 Å². The quantitative estimate of drug-likeness (QED) is 0.662. The minimum Gasteiger partial charge on any atom is -0.385 e. The highest BCUT2D eigenvalue weighted by atomic mass is 32.1. The second kappa shape index (κ2) is 8.06. The minimum absolute atomic E-state index is 0.0105. The normalized spacial score (nSPS) is 16.9. The number of nitrogens with one attached hydrogen (secondary N) is 1. The third-order valence-corrected chi connectivity index (χ3v) is 5.67. The van der Waals surface area contributed by atoms with Crippen LogP contribution >= 0.6 is 11.3 Å². The van der Waals surface area contributed by atoms with Gasteiger partial charge in [-0.05, 0) is 36.4 Å². The van der Waals surface area contributed by atoms with Gasteiger partial charge in [0, 0.05) is 39.5 Å². The number of methoxy groups -OCH3 is 1. The molecular formula is C19H23N5O2S. The molecule has 1 saturated heterocycles. The Hall–Kier alpha value is -2.45. The molecule has 0 bridgehead atoms. The van der Waals surface area contributed by atoms with Gasteiger partial charge in [-0.1, -0.05) is 6.07 Å². The number of hydrogen-bond donors (Lipinski definition) is 1. The summed E-state index contributed by atoms with van der Waals surface area (Å²) in [7, 11) is 1.67. The average molecular weight is 385 g/mol. The first-order chi connectivity index (χ1) is 13.3. The maximum absolute atomic E-state index is 12.4. The predicted octanol–water partition coefficient (Wildman–Crippen LogP) is 3.15. The van der Waals surface area contributed by atoms with E-state index in [1.165, 1.54) is 0 Å². The van der Waals surface area contributed by atoms with E-state index in [9.17, 15) is 4.79 Å². The number of nitrogens with zero attached hydrogens (tertiary/aromatic N) is 4. The lowest BCUT2D eigenvalue weighted by Gasteiger charge is -2.19. The molecule has 3 aromatic rings. The summed E-state index contributed by atoms with van der Waals surface area (Å²) in [5.74, 6) is 0.936. The Balaban J connectivity index is 1.55. The number of ether oxygens (including phenoxy) is 1. The van der Waals surface area contributed by atoms with Gasteiger partial charge in [-0.25, -0.2) is 14.8 Å². The molecular weight excluding hydrogens is 362 g/mol. The van der Waals surface area contributed by atoms with Crippen molar-refractivity contribution in [2.45, 2.75) is 18.9 Å². The predicted molar refractivity (Wildman–Crippen MR) is 106 cm³/mol. The Morgan fingerprint density at radius 3 is 3.15 bits per heavy atom. The highest BCUT2D eigenvalue weighted by Gasteiger charge is 2.30. The molecule has 27 heavy (non-hydrogen) atoms. The van der Waals surface area contributed by atoms with Crippen LogP contribution in [0.3, 0.4) is 0 Å². The van der Waals surface area contributed by atoms with Crippen LogP contribution in [0.15, 0.2) is 35.8 Å². The van der Waals surface area contributed by atoms with Gasteiger partial charge < -0.3 is 19.5 Å². The zero-order chi connectivity index (χ0) is 18.6. The summed E-state index contributed by atoms with van der Waals surface area (Å²) in [4.78, 5) is 24.8. The first-order valence-electron chi connectivity index (χ1n) is 9.16. The van der Waals surface area contributed by atoms with Gasteiger partial charge in [0.15, 0.2) is 11.5 Å². The van der Waals surface area contributed by atoms with Gasteiger partial charge in [0.25, 0.3) is 0 Å². The minimum atomic E-state index is -0.0105. The van der Waals surface area contributed by atoms with Crippen LogP contribution in [-0.4, -0.2) is 58.8 Å². The van der Waals surface area contributed by atoms with Gasteiger partial charge in [0.2, 0.25) is 0 Å². The third kappa shape index (κ3) is 3.68. The van der Waals surface area contributed by atoms with E-state index in [2.05, 4.69) is 26.3 Å². The molecule has 2 amide bonds. The van der Waals surface area contributed by atoms with Crippen LogP contribution in [0.5, 0.6) is 0 Å². The number of pyridine rings is 1. The summed E-state index contributed by atoms with van der Waals surface area (Å²) in [5.41, 5.74) is 1.77. The summed E-state index contributed by atoms with van der Waals surface area (Å²) in [6.45, 7) is 2.68. The van der Waals surface area contributed by atoms with Gasteiger partial charge in [-0.15, -0.1) is 11.3 Å². The van der Waals surface area contributed by atoms with Crippen molar-refractivity contribution >= 4 is 28.5 Å². The summed E-state index contributed by atoms with van der Waals surface area (Å²) in [6.07, 6.45) is 3.51. The van der Waals surface area contributed by atoms with Crippen molar-refractivity contribution < 1.29 is 9.53 Å². The van der Waals surface area contributed by atoms with Gasteiger partial charge in [-0.3, -0.25) is 0 Å². The van der Waals surface area contributed by atoms with Crippen molar-refractivity contribution in [3.8, 4) is 10.7 Å². The third-order valence-electron chi connectivity index (χ3n) is 4.81. The molecule has 0 aromatic carbocycles. The van der Waals surface area contributed by atoms with E-state index in [4.69, 9.17) is 9.72 Å². The number of rotatable bonds is 6. The molecule has 1 N–H and O–H groups in total. The molecule has 0 unspecified atom stereocenters. The number of imidazole rings is 1. The highest BCUT2D eigenvalue weighted by molar-refractivity contribution is 7.13. The number of thiophene rings is 1. The monoisotopic (exact) mass is 385 g/mol. The van der Waals surface area contributed by atoms with Crippen LogP contribution in [-0.2, 0) is 4.74 Å². The first-order valence-corrected chi connectivity index (χ1v) is 10.0. The molecule has 1 aliphatic rings. The summed E-state index contributed by atoms with van der Waals surface area (Å²) in [5, 5.41) is 5.03. The largest absolute Gasteiger partial charge is 0.385 e. The number of hydrogen-bond acceptors (Lipinski definition) is 5. The van der Waals surface area contributed by atoms with Crippen LogP contribution in [0.2, 0.25) is 0 Å². The van der Waals surface area contributed by atoms with E-state index in [-0.39, 0.29) is 12.1 Å². The van der Waals surface area contributed by atoms with E-state index in [0.29, 0.717) is 19.7 Å². The Labute approximate surface area is 162 Å². The molecule has 0 spiro atoms. The van der Waals surface area contributed by atoms with E-state index in [1.54, 1.807) is 24.6 Å². The molecule has 1 atom stereocenters. The van der Waals surface area contributed by atoms with Crippen molar-refractivity contribution in [2.24, 2.45) is 0 Å². The Bertz CT molecular complexity index is 908. The molecule has 8 heteroatoms. The lowest BCUT2D eigenvalue weighted by molar-refractivity contribution is 0.188. The molecule has 142 valence electrons. The van der Waals surface area contributed by atoms with Gasteiger partial charge in [0.05, 0.1) is 10.9 Å². The first kappa shape index (κ1) is 17.9. The fourth-order valence-electron chi connectivity index (χ4n) is 3.52. The average Bonchev–Trinajstić information content (AvgIpc) is 3.43. The maximum atomic E-state index is 12.4. The van der Waals surface area contributed by atoms with Crippen molar-refractivity contribution in [1.29, 1.82) is 0 Å². The number of amides is 2. The Morgan fingerprint density at radius 2 is 2.33 bits per heavy atom. The Morgan fingerprint density at radius 1 is 1.41 bits per heavy atom. The SMILES string of the molecule is COCCCNC(=O)N1CC[C@@H](n2c(-c3cccs3)nc3cccnc32)C1. The molecule has 3 aromatic heterocycles. The van der Waals surface area contributed by atoms with E-state index in [1.807, 2.05) is 23.1 Å². The molecule has 4 heterocycles. The second-order valence-corrected chi connectivity index (χ2v) is 7.54. The fraction of sp³-hybridized carbons (Fsp3) is 0.421. The molecule has 0 saturated carbocycles. The van der Waals surface area contributed by atoms with Crippen molar-refractivity contribution in [3.63, 3.8) is 0 Å². The number of carbonyl (C=O) groups excluding carboxylic acids is 1. The molecule has 0 aliphatic carbocycles. The van der Waals surface area contributed by atoms with E-state index in [0.717, 1.165) is 41.3 Å². The standard InChI is InChI=1S/C19H23N5O2S/c1-26-11-4-9-21-19(25)23-10-7-14(13-23)24-17-15(5-2-8-20-17)22-18(24)16-6-3-12-27-16/h2-3,5-6,8,12,14H,4,7,9-11,13H2,1H3,(H,21,25)/t14-/m1/s1. The highest BCUT2D eigenvalue weighted by Crippen LogP contribution is 2.33. The molecule has 1 fully saturated rings. The molecule has 7 nitrogen and oxygen atoms in total. The number of carbonyl (C=O) groups is 1. The van der Waals surface area contributed by atoms with Crippen LogP contribution in [0, 0.1) is 0 Å². The van der Waals surface area contributed by atoms with E-state index >= 15 is 0 Å². The summed E-state index contributed by atoms with van der Waals surface area (Å²) in [6, 6.07) is 8.18. The number of likely N-dealkylation sites (tertiary alicyclic amines) is 1. The van der Waals surface area contributed by atoms with Crippen LogP contribution < -0.4 is 5.32 Å². The van der Waals surface area contributed by atoms with E-state index < -0.39 is 0 Å². The zero-order valence-electron chi connectivity index (χ0n) is 15.3. The molecule has 1 aliphatic heterocycles. The lowest BCUT2D eigenvalue weighted by Crippen LogP contribution is -2.39. The van der Waals surface area contributed by atoms with Gasteiger partial charge >= 0.3 is 6.03 Å². The summed E-state index contributed by atoms with van der Waals surface area (Å²) < 4.78 is 7.23. The fourth-order valence-corrected chi connectivity index (χ4v) is 4.23. The van der Waals surface area contributed by atoms with Crippen LogP contribution in [0.1, 0.15) is 18.9 Å². The smallest absolute Gasteiger partial charge is 0.317 e. The Kier molecular flexibility index (Phi) is 5.35. The summed E-state index contributed by atoms with van der Waals surface area (Å²) >= 11 is 1.67. The number of aromatic nitrogens is 3. The number of fused-ring (bicyclic) bond motifs is 1. The second-order valence-electron chi connectivity index (χ2n) is 6.60. The van der Waals surface area contributed by atoms with Crippen molar-refractivity contribution in [3.05, 3.63) is 35.8 Å². The molecule has 0 radical (unpaired) electrons. The molecule has 4 rings (SSSR count). The zero-order valence-corrected chi connectivity index (χ0v) is 16.1. The number of urea groups is 1. The van der Waals surface area contributed by atoms with Gasteiger partial charge in [-0.2, -0.15) is 0 Å². The maximum Gasteiger partial charge on any atom is 0.317 e.